The lowest BCUT2D eigenvalue weighted by Gasteiger charge is -2.41. The summed E-state index contributed by atoms with van der Waals surface area (Å²) in [4.78, 5) is 10.9. The van der Waals surface area contributed by atoms with Gasteiger partial charge < -0.3 is 15.2 Å². The van der Waals surface area contributed by atoms with E-state index in [1.807, 2.05) is 49.4 Å². The molecule has 1 fully saturated rings. The smallest absolute Gasteiger partial charge is 0.419 e. The van der Waals surface area contributed by atoms with Crippen molar-refractivity contribution in [3.05, 3.63) is 90.0 Å². The van der Waals surface area contributed by atoms with Crippen LogP contribution in [0.3, 0.4) is 0 Å². The van der Waals surface area contributed by atoms with Gasteiger partial charge in [-0.1, -0.05) is 66.7 Å². The molecule has 8 nitrogen and oxygen atoms in total. The zero-order valence-electron chi connectivity index (χ0n) is 21.5. The molecular formula is C29H35N3O5S. The van der Waals surface area contributed by atoms with Crippen LogP contribution in [0.25, 0.3) is 11.1 Å². The van der Waals surface area contributed by atoms with Crippen molar-refractivity contribution in [2.75, 3.05) is 13.2 Å². The van der Waals surface area contributed by atoms with E-state index >= 15 is 0 Å². The first-order valence-electron chi connectivity index (χ1n) is 12.9. The van der Waals surface area contributed by atoms with E-state index in [0.717, 1.165) is 43.5 Å². The normalized spacial score (nSPS) is 19.6. The van der Waals surface area contributed by atoms with Crippen LogP contribution in [0, 0.1) is 0 Å². The standard InChI is InChI=1S/C29H35N3O5S/c1-2-37-27-10-6-9-25(19-27)29(21-31-38(35,36)32-28(33)34)17-15-26(16-18-29)30-20-22-11-13-24(14-12-22)23-7-4-3-5-8-23/h3-14,19,26,30-32H,2,15-18,20-21H2,1H3,(H,33,34). The molecule has 9 heteroatoms. The van der Waals surface area contributed by atoms with E-state index in [0.29, 0.717) is 12.6 Å². The number of hydrogen-bond acceptors (Lipinski definition) is 5. The quantitative estimate of drug-likeness (QED) is 0.279. The molecule has 0 bridgehead atoms. The van der Waals surface area contributed by atoms with Gasteiger partial charge in [-0.2, -0.15) is 13.1 Å². The van der Waals surface area contributed by atoms with Gasteiger partial charge >= 0.3 is 16.3 Å². The van der Waals surface area contributed by atoms with Crippen LogP contribution < -0.4 is 19.5 Å². The Bertz CT molecular complexity index is 1310. The molecule has 3 aromatic rings. The number of benzene rings is 3. The van der Waals surface area contributed by atoms with Gasteiger partial charge in [0.05, 0.1) is 6.61 Å². The molecule has 1 saturated carbocycles. The lowest BCUT2D eigenvalue weighted by molar-refractivity contribution is 0.200. The van der Waals surface area contributed by atoms with Gasteiger partial charge in [0, 0.05) is 24.5 Å². The molecule has 202 valence electrons. The molecule has 0 unspecified atom stereocenters. The van der Waals surface area contributed by atoms with E-state index in [-0.39, 0.29) is 6.54 Å². The van der Waals surface area contributed by atoms with Crippen molar-refractivity contribution < 1.29 is 23.1 Å². The van der Waals surface area contributed by atoms with E-state index in [1.165, 1.54) is 16.7 Å². The largest absolute Gasteiger partial charge is 0.494 e. The maximum absolute atomic E-state index is 12.2. The molecular weight excluding hydrogens is 502 g/mol. The second-order valence-corrected chi connectivity index (χ2v) is 11.2. The molecule has 1 amide bonds. The van der Waals surface area contributed by atoms with Crippen LogP contribution in [0.5, 0.6) is 5.75 Å². The summed E-state index contributed by atoms with van der Waals surface area (Å²) < 4.78 is 34.2. The van der Waals surface area contributed by atoms with Gasteiger partial charge in [-0.3, -0.25) is 0 Å². The monoisotopic (exact) mass is 537 g/mol. The first kappa shape index (κ1) is 27.6. The Labute approximate surface area is 224 Å². The molecule has 0 aromatic heterocycles. The maximum atomic E-state index is 12.2. The number of rotatable bonds is 11. The van der Waals surface area contributed by atoms with E-state index < -0.39 is 21.7 Å². The second kappa shape index (κ2) is 12.4. The van der Waals surface area contributed by atoms with Crippen molar-refractivity contribution in [1.82, 2.24) is 14.8 Å². The number of ether oxygens (including phenoxy) is 1. The minimum atomic E-state index is -4.18. The highest BCUT2D eigenvalue weighted by Crippen LogP contribution is 2.40. The van der Waals surface area contributed by atoms with Crippen molar-refractivity contribution in [2.45, 2.75) is 50.6 Å². The fourth-order valence-electron chi connectivity index (χ4n) is 5.12. The summed E-state index contributed by atoms with van der Waals surface area (Å²) in [5.41, 5.74) is 4.09. The topological polar surface area (TPSA) is 117 Å². The number of amides is 1. The first-order chi connectivity index (χ1) is 18.3. The van der Waals surface area contributed by atoms with Crippen molar-refractivity contribution in [2.24, 2.45) is 0 Å². The van der Waals surface area contributed by atoms with Gasteiger partial charge in [0.15, 0.2) is 0 Å². The Morgan fingerprint density at radius 1 is 0.974 bits per heavy atom. The van der Waals surface area contributed by atoms with Crippen LogP contribution in [-0.2, 0) is 22.2 Å². The van der Waals surface area contributed by atoms with E-state index in [9.17, 15) is 13.2 Å². The zero-order valence-corrected chi connectivity index (χ0v) is 22.3. The summed E-state index contributed by atoms with van der Waals surface area (Å²) in [7, 11) is -4.18. The minimum absolute atomic E-state index is 0.0961. The molecule has 0 atom stereocenters. The maximum Gasteiger partial charge on any atom is 0.419 e. The van der Waals surface area contributed by atoms with Gasteiger partial charge in [-0.25, -0.2) is 9.52 Å². The molecule has 3 aromatic carbocycles. The highest BCUT2D eigenvalue weighted by molar-refractivity contribution is 7.88. The molecule has 1 aliphatic rings. The Kier molecular flexibility index (Phi) is 9.04. The summed E-state index contributed by atoms with van der Waals surface area (Å²) in [6.45, 7) is 3.30. The first-order valence-corrected chi connectivity index (χ1v) is 14.4. The summed E-state index contributed by atoms with van der Waals surface area (Å²) in [5.74, 6) is 0.732. The van der Waals surface area contributed by atoms with E-state index in [2.05, 4.69) is 46.4 Å². The van der Waals surface area contributed by atoms with Crippen LogP contribution in [0.4, 0.5) is 4.79 Å². The summed E-state index contributed by atoms with van der Waals surface area (Å²) >= 11 is 0. The van der Waals surface area contributed by atoms with E-state index in [4.69, 9.17) is 9.84 Å². The predicted molar refractivity (Wildman–Crippen MR) is 148 cm³/mol. The zero-order chi connectivity index (χ0) is 27.0. The summed E-state index contributed by atoms with van der Waals surface area (Å²) in [5, 5.41) is 12.5. The molecule has 0 heterocycles. The Balaban J connectivity index is 1.41. The van der Waals surface area contributed by atoms with Crippen molar-refractivity contribution in [3.63, 3.8) is 0 Å². The minimum Gasteiger partial charge on any atom is -0.494 e. The van der Waals surface area contributed by atoms with Crippen molar-refractivity contribution >= 4 is 16.3 Å². The van der Waals surface area contributed by atoms with Gasteiger partial charge in [0.1, 0.15) is 5.75 Å². The average molecular weight is 538 g/mol. The Morgan fingerprint density at radius 3 is 2.32 bits per heavy atom. The number of carboxylic acid groups (broad SMARTS) is 1. The van der Waals surface area contributed by atoms with Crippen LogP contribution in [-0.4, -0.2) is 38.8 Å². The van der Waals surface area contributed by atoms with Gasteiger partial charge in [0.2, 0.25) is 0 Å². The molecule has 38 heavy (non-hydrogen) atoms. The van der Waals surface area contributed by atoms with Crippen LogP contribution in [0.2, 0.25) is 0 Å². The fourth-order valence-corrected chi connectivity index (χ4v) is 5.88. The third kappa shape index (κ3) is 7.34. The highest BCUT2D eigenvalue weighted by Gasteiger charge is 2.38. The average Bonchev–Trinajstić information content (AvgIpc) is 2.92. The SMILES string of the molecule is CCOc1cccc(C2(CNS(=O)(=O)NC(=O)O)CCC(NCc3ccc(-c4ccccc4)cc3)CC2)c1. The van der Waals surface area contributed by atoms with Crippen LogP contribution in [0.1, 0.15) is 43.7 Å². The highest BCUT2D eigenvalue weighted by atomic mass is 32.2. The lowest BCUT2D eigenvalue weighted by atomic mass is 9.68. The Hall–Kier alpha value is -3.40. The molecule has 1 aliphatic carbocycles. The number of hydrogen-bond donors (Lipinski definition) is 4. The van der Waals surface area contributed by atoms with Crippen LogP contribution >= 0.6 is 0 Å². The van der Waals surface area contributed by atoms with Gasteiger partial charge in [0.25, 0.3) is 0 Å². The number of nitrogens with one attached hydrogen (secondary N) is 3. The third-order valence-corrected chi connectivity index (χ3v) is 8.15. The molecule has 4 rings (SSSR count). The van der Waals surface area contributed by atoms with Gasteiger partial charge in [-0.15, -0.1) is 0 Å². The Morgan fingerprint density at radius 2 is 1.66 bits per heavy atom. The molecule has 0 saturated heterocycles. The fraction of sp³-hybridized carbons (Fsp3) is 0.345. The summed E-state index contributed by atoms with van der Waals surface area (Å²) in [6.07, 6.45) is 1.57. The third-order valence-electron chi connectivity index (χ3n) is 7.18. The molecule has 0 aliphatic heterocycles. The van der Waals surface area contributed by atoms with Crippen LogP contribution in [0.15, 0.2) is 78.9 Å². The molecule has 0 spiro atoms. The lowest BCUT2D eigenvalue weighted by Crippen LogP contribution is -2.49. The van der Waals surface area contributed by atoms with Gasteiger partial charge in [-0.05, 0) is 67.0 Å². The predicted octanol–water partition coefficient (Wildman–Crippen LogP) is 4.82. The van der Waals surface area contributed by atoms with Crippen molar-refractivity contribution in [1.29, 1.82) is 0 Å². The second-order valence-electron chi connectivity index (χ2n) is 9.69. The van der Waals surface area contributed by atoms with E-state index in [1.54, 1.807) is 4.72 Å². The molecule has 4 N–H and O–H groups in total. The number of carbonyl (C=O) groups is 1. The van der Waals surface area contributed by atoms with Crippen molar-refractivity contribution in [3.8, 4) is 16.9 Å². The summed E-state index contributed by atoms with van der Waals surface area (Å²) in [6, 6.07) is 26.9. The molecule has 0 radical (unpaired) electrons.